The number of halogens is 1. The number of amides is 3. The minimum absolute atomic E-state index is 0.0858. The minimum atomic E-state index is -0.223. The van der Waals surface area contributed by atoms with Crippen LogP contribution in [0.3, 0.4) is 0 Å². The lowest BCUT2D eigenvalue weighted by molar-refractivity contribution is -0.130. The Balaban J connectivity index is 1.70. The van der Waals surface area contributed by atoms with Gasteiger partial charge < -0.3 is 15.5 Å². The van der Waals surface area contributed by atoms with Crippen LogP contribution in [0.25, 0.3) is 0 Å². The van der Waals surface area contributed by atoms with Crippen molar-refractivity contribution in [1.29, 1.82) is 0 Å². The van der Waals surface area contributed by atoms with Gasteiger partial charge in [-0.2, -0.15) is 0 Å². The Kier molecular flexibility index (Phi) is 6.51. The molecule has 0 radical (unpaired) electrons. The van der Waals surface area contributed by atoms with Crippen LogP contribution >= 0.6 is 22.9 Å². The number of likely N-dealkylation sites (tertiary alicyclic amines) is 1. The molecule has 2 rings (SSSR count). The molecule has 122 valence electrons. The van der Waals surface area contributed by atoms with Crippen molar-refractivity contribution < 1.29 is 9.59 Å². The van der Waals surface area contributed by atoms with E-state index >= 15 is 0 Å². The normalized spacial score (nSPS) is 17.0. The van der Waals surface area contributed by atoms with Crippen molar-refractivity contribution in [1.82, 2.24) is 15.5 Å². The highest BCUT2D eigenvalue weighted by molar-refractivity contribution is 7.16. The fourth-order valence-corrected chi connectivity index (χ4v) is 3.52. The molecule has 1 aromatic rings. The number of thiophene rings is 1. The zero-order valence-corrected chi connectivity index (χ0v) is 14.3. The van der Waals surface area contributed by atoms with Crippen LogP contribution < -0.4 is 10.6 Å². The number of rotatable bonds is 5. The van der Waals surface area contributed by atoms with Crippen molar-refractivity contribution in [3.05, 3.63) is 21.3 Å². The van der Waals surface area contributed by atoms with E-state index in [0.717, 1.165) is 30.7 Å². The Hall–Kier alpha value is -1.27. The molecule has 7 heteroatoms. The Morgan fingerprint density at radius 3 is 2.95 bits per heavy atom. The summed E-state index contributed by atoms with van der Waals surface area (Å²) in [6.45, 7) is 3.76. The Bertz CT molecular complexity index is 521. The lowest BCUT2D eigenvalue weighted by Crippen LogP contribution is -2.42. The minimum Gasteiger partial charge on any atom is -0.341 e. The third-order valence-corrected chi connectivity index (χ3v) is 5.12. The first-order valence-corrected chi connectivity index (χ1v) is 8.83. The molecule has 1 aliphatic heterocycles. The van der Waals surface area contributed by atoms with Gasteiger partial charge in [0.1, 0.15) is 0 Å². The summed E-state index contributed by atoms with van der Waals surface area (Å²) < 4.78 is 0.712. The van der Waals surface area contributed by atoms with Crippen molar-refractivity contribution in [3.63, 3.8) is 0 Å². The second-order valence-corrected chi connectivity index (χ2v) is 7.20. The predicted octanol–water partition coefficient (Wildman–Crippen LogP) is 3.16. The summed E-state index contributed by atoms with van der Waals surface area (Å²) in [6.07, 6.45) is 3.76. The highest BCUT2D eigenvalue weighted by Gasteiger charge is 2.16. The van der Waals surface area contributed by atoms with Crippen LogP contribution in [0, 0.1) is 0 Å². The number of carbonyl (C=O) groups excluding carboxylic acids is 2. The SMILES string of the molecule is CC(NC(=O)NCCN1CCCCCC1=O)c1ccc(Cl)s1. The molecule has 1 atom stereocenters. The molecule has 3 amide bonds. The van der Waals surface area contributed by atoms with Gasteiger partial charge in [-0.1, -0.05) is 18.0 Å². The van der Waals surface area contributed by atoms with E-state index in [4.69, 9.17) is 11.6 Å². The van der Waals surface area contributed by atoms with Crippen LogP contribution in [0.2, 0.25) is 4.34 Å². The fourth-order valence-electron chi connectivity index (χ4n) is 2.46. The first-order valence-electron chi connectivity index (χ1n) is 7.63. The molecule has 0 spiro atoms. The topological polar surface area (TPSA) is 61.4 Å². The number of hydrogen-bond acceptors (Lipinski definition) is 3. The number of nitrogens with zero attached hydrogens (tertiary/aromatic N) is 1. The average molecular weight is 344 g/mol. The van der Waals surface area contributed by atoms with Crippen LogP contribution in [-0.2, 0) is 4.79 Å². The number of nitrogens with one attached hydrogen (secondary N) is 2. The van der Waals surface area contributed by atoms with E-state index in [-0.39, 0.29) is 18.0 Å². The van der Waals surface area contributed by atoms with Crippen molar-refractivity contribution in [2.45, 2.75) is 38.6 Å². The van der Waals surface area contributed by atoms with E-state index in [1.165, 1.54) is 11.3 Å². The van der Waals surface area contributed by atoms with E-state index in [1.807, 2.05) is 24.0 Å². The van der Waals surface area contributed by atoms with Gasteiger partial charge in [0.15, 0.2) is 0 Å². The molecule has 1 aromatic heterocycles. The second kappa shape index (κ2) is 8.39. The van der Waals surface area contributed by atoms with Gasteiger partial charge in [0, 0.05) is 30.9 Å². The van der Waals surface area contributed by atoms with Crippen LogP contribution in [0.5, 0.6) is 0 Å². The lowest BCUT2D eigenvalue weighted by Gasteiger charge is -2.21. The van der Waals surface area contributed by atoms with Crippen LogP contribution in [0.15, 0.2) is 12.1 Å². The van der Waals surface area contributed by atoms with Crippen molar-refractivity contribution in [2.24, 2.45) is 0 Å². The van der Waals surface area contributed by atoms with Gasteiger partial charge in [-0.3, -0.25) is 4.79 Å². The van der Waals surface area contributed by atoms with E-state index < -0.39 is 0 Å². The Labute approximate surface area is 140 Å². The first-order chi connectivity index (χ1) is 10.6. The smallest absolute Gasteiger partial charge is 0.315 e. The molecule has 1 aliphatic rings. The molecule has 2 N–H and O–H groups in total. The van der Waals surface area contributed by atoms with E-state index in [9.17, 15) is 9.59 Å². The van der Waals surface area contributed by atoms with Gasteiger partial charge in [0.25, 0.3) is 0 Å². The molecule has 0 aliphatic carbocycles. The molecule has 2 heterocycles. The van der Waals surface area contributed by atoms with Gasteiger partial charge in [-0.25, -0.2) is 4.79 Å². The van der Waals surface area contributed by atoms with Crippen molar-refractivity contribution in [2.75, 3.05) is 19.6 Å². The average Bonchev–Trinajstić information content (AvgIpc) is 2.81. The summed E-state index contributed by atoms with van der Waals surface area (Å²) in [5, 5.41) is 5.68. The summed E-state index contributed by atoms with van der Waals surface area (Å²) in [7, 11) is 0. The summed E-state index contributed by atoms with van der Waals surface area (Å²) in [5.41, 5.74) is 0. The zero-order valence-electron chi connectivity index (χ0n) is 12.7. The molecule has 0 aromatic carbocycles. The number of urea groups is 1. The van der Waals surface area contributed by atoms with Gasteiger partial charge in [-0.05, 0) is 31.9 Å². The molecule has 1 fully saturated rings. The highest BCUT2D eigenvalue weighted by atomic mass is 35.5. The first kappa shape index (κ1) is 17.1. The predicted molar refractivity (Wildman–Crippen MR) is 89.3 cm³/mol. The monoisotopic (exact) mass is 343 g/mol. The summed E-state index contributed by atoms with van der Waals surface area (Å²) in [6, 6.07) is 3.42. The number of hydrogen-bond donors (Lipinski definition) is 2. The lowest BCUT2D eigenvalue weighted by atomic mass is 10.2. The molecule has 1 saturated heterocycles. The third kappa shape index (κ3) is 5.18. The molecule has 22 heavy (non-hydrogen) atoms. The van der Waals surface area contributed by atoms with Gasteiger partial charge >= 0.3 is 6.03 Å². The summed E-state index contributed by atoms with van der Waals surface area (Å²) >= 11 is 7.35. The quantitative estimate of drug-likeness (QED) is 0.862. The summed E-state index contributed by atoms with van der Waals surface area (Å²) in [4.78, 5) is 26.6. The van der Waals surface area contributed by atoms with Crippen LogP contribution in [0.1, 0.15) is 43.5 Å². The maximum atomic E-state index is 11.9. The van der Waals surface area contributed by atoms with Gasteiger partial charge in [0.05, 0.1) is 10.4 Å². The third-order valence-electron chi connectivity index (χ3n) is 3.71. The standard InChI is InChI=1S/C15H22ClN3O2S/c1-11(12-6-7-13(16)22-12)18-15(21)17-8-10-19-9-4-2-3-5-14(19)20/h6-7,11H,2-5,8-10H2,1H3,(H2,17,18,21). The van der Waals surface area contributed by atoms with Gasteiger partial charge in [0.2, 0.25) is 5.91 Å². The van der Waals surface area contributed by atoms with Crippen molar-refractivity contribution in [3.8, 4) is 0 Å². The summed E-state index contributed by atoms with van der Waals surface area (Å²) in [5.74, 6) is 0.196. The van der Waals surface area contributed by atoms with E-state index in [0.29, 0.717) is 23.8 Å². The molecule has 1 unspecified atom stereocenters. The largest absolute Gasteiger partial charge is 0.341 e. The molecule has 0 saturated carbocycles. The molecular formula is C15H22ClN3O2S. The van der Waals surface area contributed by atoms with Crippen molar-refractivity contribution >= 4 is 34.9 Å². The molecule has 5 nitrogen and oxygen atoms in total. The zero-order chi connectivity index (χ0) is 15.9. The maximum absolute atomic E-state index is 11.9. The van der Waals surface area contributed by atoms with Gasteiger partial charge in [-0.15, -0.1) is 11.3 Å². The molecular weight excluding hydrogens is 322 g/mol. The Morgan fingerprint density at radius 1 is 1.41 bits per heavy atom. The molecule has 0 bridgehead atoms. The van der Waals surface area contributed by atoms with Crippen LogP contribution in [0.4, 0.5) is 4.79 Å². The van der Waals surface area contributed by atoms with E-state index in [1.54, 1.807) is 0 Å². The Morgan fingerprint density at radius 2 is 2.23 bits per heavy atom. The fraction of sp³-hybridized carbons (Fsp3) is 0.600. The van der Waals surface area contributed by atoms with Crippen LogP contribution in [-0.4, -0.2) is 36.5 Å². The van der Waals surface area contributed by atoms with E-state index in [2.05, 4.69) is 10.6 Å². The second-order valence-electron chi connectivity index (χ2n) is 5.46. The number of carbonyl (C=O) groups is 2. The maximum Gasteiger partial charge on any atom is 0.315 e. The highest BCUT2D eigenvalue weighted by Crippen LogP contribution is 2.26.